The van der Waals surface area contributed by atoms with Crippen LogP contribution in [0.15, 0.2) is 24.3 Å². The molecule has 0 amide bonds. The molecule has 0 aromatic heterocycles. The van der Waals surface area contributed by atoms with E-state index in [-0.39, 0.29) is 0 Å². The average Bonchev–Trinajstić information content (AvgIpc) is 2.31. The highest BCUT2D eigenvalue weighted by molar-refractivity contribution is 5.26. The quantitative estimate of drug-likeness (QED) is 0.794. The van der Waals surface area contributed by atoms with E-state index in [0.29, 0.717) is 23.8 Å². The zero-order valence-electron chi connectivity index (χ0n) is 12.9. The highest BCUT2D eigenvalue weighted by Crippen LogP contribution is 2.12. The molecule has 0 aliphatic carbocycles. The first-order valence-corrected chi connectivity index (χ1v) is 7.08. The van der Waals surface area contributed by atoms with Gasteiger partial charge in [-0.3, -0.25) is 0 Å². The first kappa shape index (κ1) is 16.0. The zero-order chi connectivity index (χ0) is 14.4. The summed E-state index contributed by atoms with van der Waals surface area (Å²) in [4.78, 5) is 2.28. The molecule has 0 saturated heterocycles. The molecule has 0 fully saturated rings. The fourth-order valence-electron chi connectivity index (χ4n) is 2.39. The van der Waals surface area contributed by atoms with Gasteiger partial charge in [-0.1, -0.05) is 26.0 Å². The maximum atomic E-state index is 9.27. The lowest BCUT2D eigenvalue weighted by Crippen LogP contribution is -2.44. The molecule has 3 heteroatoms. The number of hydrogen-bond acceptors (Lipinski definition) is 3. The number of aromatic hydroxyl groups is 1. The summed E-state index contributed by atoms with van der Waals surface area (Å²) in [5, 5.41) is 12.9. The molecule has 1 aromatic rings. The van der Waals surface area contributed by atoms with Crippen LogP contribution in [-0.4, -0.2) is 42.7 Å². The van der Waals surface area contributed by atoms with Crippen molar-refractivity contribution in [2.24, 2.45) is 5.92 Å². The predicted molar refractivity (Wildman–Crippen MR) is 81.6 cm³/mol. The van der Waals surface area contributed by atoms with E-state index in [1.165, 1.54) is 5.56 Å². The third-order valence-electron chi connectivity index (χ3n) is 3.59. The van der Waals surface area contributed by atoms with Gasteiger partial charge in [-0.05, 0) is 51.1 Å². The van der Waals surface area contributed by atoms with Crippen LogP contribution in [0.2, 0.25) is 0 Å². The summed E-state index contributed by atoms with van der Waals surface area (Å²) in [6.45, 7) is 7.73. The normalized spacial score (nSPS) is 14.9. The maximum Gasteiger partial charge on any atom is 0.115 e. The van der Waals surface area contributed by atoms with Crippen molar-refractivity contribution in [2.75, 3.05) is 20.6 Å². The second-order valence-electron chi connectivity index (χ2n) is 5.95. The molecule has 2 N–H and O–H groups in total. The van der Waals surface area contributed by atoms with Crippen molar-refractivity contribution >= 4 is 0 Å². The van der Waals surface area contributed by atoms with Crippen molar-refractivity contribution in [3.05, 3.63) is 29.8 Å². The Bertz CT molecular complexity index is 352. The van der Waals surface area contributed by atoms with Crippen LogP contribution in [0.4, 0.5) is 0 Å². The summed E-state index contributed by atoms with van der Waals surface area (Å²) in [5.41, 5.74) is 1.25. The van der Waals surface area contributed by atoms with Gasteiger partial charge in [0.1, 0.15) is 5.75 Å². The van der Waals surface area contributed by atoms with Gasteiger partial charge in [0.25, 0.3) is 0 Å². The largest absolute Gasteiger partial charge is 0.508 e. The molecule has 0 bridgehead atoms. The van der Waals surface area contributed by atoms with E-state index in [0.717, 1.165) is 13.0 Å². The number of phenols is 1. The fourth-order valence-corrected chi connectivity index (χ4v) is 2.39. The summed E-state index contributed by atoms with van der Waals surface area (Å²) in [6, 6.07) is 8.46. The smallest absolute Gasteiger partial charge is 0.115 e. The molecule has 0 heterocycles. The number of nitrogens with zero attached hydrogens (tertiary/aromatic N) is 1. The maximum absolute atomic E-state index is 9.27. The van der Waals surface area contributed by atoms with E-state index in [1.807, 2.05) is 12.1 Å². The van der Waals surface area contributed by atoms with Gasteiger partial charge in [0.2, 0.25) is 0 Å². The second-order valence-corrected chi connectivity index (χ2v) is 5.95. The summed E-state index contributed by atoms with van der Waals surface area (Å²) in [5.74, 6) is 0.972. The lowest BCUT2D eigenvalue weighted by Gasteiger charge is -2.29. The number of benzene rings is 1. The summed E-state index contributed by atoms with van der Waals surface area (Å²) < 4.78 is 0. The Labute approximate surface area is 117 Å². The van der Waals surface area contributed by atoms with Crippen LogP contribution >= 0.6 is 0 Å². The van der Waals surface area contributed by atoms with Crippen LogP contribution in [0, 0.1) is 5.92 Å². The number of phenolic OH excluding ortho intramolecular Hbond substituents is 1. The highest BCUT2D eigenvalue weighted by atomic mass is 16.3. The minimum atomic E-state index is 0.330. The average molecular weight is 264 g/mol. The van der Waals surface area contributed by atoms with Gasteiger partial charge in [0, 0.05) is 18.6 Å². The Morgan fingerprint density at radius 2 is 1.68 bits per heavy atom. The standard InChI is InChI=1S/C16H28N2O/c1-12(2)16(18(4)5)11-17-13(3)10-14-6-8-15(19)9-7-14/h6-9,12-13,16-17,19H,10-11H2,1-5H3. The van der Waals surface area contributed by atoms with Crippen LogP contribution < -0.4 is 5.32 Å². The molecule has 1 rings (SSSR count). The lowest BCUT2D eigenvalue weighted by molar-refractivity contribution is 0.219. The minimum Gasteiger partial charge on any atom is -0.508 e. The fraction of sp³-hybridized carbons (Fsp3) is 0.625. The zero-order valence-corrected chi connectivity index (χ0v) is 12.9. The molecule has 0 saturated carbocycles. The molecule has 3 nitrogen and oxygen atoms in total. The van der Waals surface area contributed by atoms with Crippen molar-refractivity contribution in [2.45, 2.75) is 39.3 Å². The van der Waals surface area contributed by atoms with Gasteiger partial charge in [-0.2, -0.15) is 0 Å². The molecule has 0 aliphatic rings. The van der Waals surface area contributed by atoms with E-state index in [4.69, 9.17) is 0 Å². The molecule has 0 aliphatic heterocycles. The van der Waals surface area contributed by atoms with Crippen molar-refractivity contribution in [3.63, 3.8) is 0 Å². The number of nitrogens with one attached hydrogen (secondary N) is 1. The van der Waals surface area contributed by atoms with E-state index in [9.17, 15) is 5.11 Å². The molecule has 0 radical (unpaired) electrons. The van der Waals surface area contributed by atoms with Crippen molar-refractivity contribution < 1.29 is 5.11 Å². The lowest BCUT2D eigenvalue weighted by atomic mass is 10.0. The van der Waals surface area contributed by atoms with Crippen molar-refractivity contribution in [3.8, 4) is 5.75 Å². The molecular weight excluding hydrogens is 236 g/mol. The van der Waals surface area contributed by atoms with Gasteiger partial charge in [-0.15, -0.1) is 0 Å². The van der Waals surface area contributed by atoms with E-state index in [1.54, 1.807) is 12.1 Å². The molecule has 108 valence electrons. The van der Waals surface area contributed by atoms with Crippen LogP contribution in [0.3, 0.4) is 0 Å². The monoisotopic (exact) mass is 264 g/mol. The van der Waals surface area contributed by atoms with Gasteiger partial charge in [-0.25, -0.2) is 0 Å². The Morgan fingerprint density at radius 1 is 1.11 bits per heavy atom. The van der Waals surface area contributed by atoms with E-state index >= 15 is 0 Å². The second kappa shape index (κ2) is 7.51. The van der Waals surface area contributed by atoms with Crippen LogP contribution in [0.1, 0.15) is 26.3 Å². The van der Waals surface area contributed by atoms with Gasteiger partial charge < -0.3 is 15.3 Å². The Kier molecular flexibility index (Phi) is 6.32. The van der Waals surface area contributed by atoms with Gasteiger partial charge >= 0.3 is 0 Å². The SMILES string of the molecule is CC(Cc1ccc(O)cc1)NCC(C(C)C)N(C)C. The number of likely N-dealkylation sites (N-methyl/N-ethyl adjacent to an activating group) is 1. The van der Waals surface area contributed by atoms with Crippen LogP contribution in [0.5, 0.6) is 5.75 Å². The van der Waals surface area contributed by atoms with Crippen molar-refractivity contribution in [1.82, 2.24) is 10.2 Å². The van der Waals surface area contributed by atoms with Crippen LogP contribution in [-0.2, 0) is 6.42 Å². The number of hydrogen-bond donors (Lipinski definition) is 2. The Balaban J connectivity index is 2.42. The third kappa shape index (κ3) is 5.62. The van der Waals surface area contributed by atoms with Gasteiger partial charge in [0.15, 0.2) is 0 Å². The molecule has 2 atom stereocenters. The Morgan fingerprint density at radius 3 is 2.16 bits per heavy atom. The van der Waals surface area contributed by atoms with Gasteiger partial charge in [0.05, 0.1) is 0 Å². The highest BCUT2D eigenvalue weighted by Gasteiger charge is 2.16. The number of rotatable bonds is 7. The molecule has 0 spiro atoms. The minimum absolute atomic E-state index is 0.330. The third-order valence-corrected chi connectivity index (χ3v) is 3.59. The molecule has 19 heavy (non-hydrogen) atoms. The van der Waals surface area contributed by atoms with Crippen molar-refractivity contribution in [1.29, 1.82) is 0 Å². The molecule has 2 unspecified atom stereocenters. The van der Waals surface area contributed by atoms with Crippen LogP contribution in [0.25, 0.3) is 0 Å². The summed E-state index contributed by atoms with van der Waals surface area (Å²) >= 11 is 0. The topological polar surface area (TPSA) is 35.5 Å². The summed E-state index contributed by atoms with van der Waals surface area (Å²) in [6.07, 6.45) is 0.985. The van der Waals surface area contributed by atoms with E-state index in [2.05, 4.69) is 45.1 Å². The van der Waals surface area contributed by atoms with E-state index < -0.39 is 0 Å². The summed E-state index contributed by atoms with van der Waals surface area (Å²) in [7, 11) is 4.27. The predicted octanol–water partition coefficient (Wildman–Crippen LogP) is 2.50. The Hall–Kier alpha value is -1.06. The first-order valence-electron chi connectivity index (χ1n) is 7.08. The first-order chi connectivity index (χ1) is 8.90. The molecule has 1 aromatic carbocycles. The molecular formula is C16H28N2O.